The maximum Gasteiger partial charge on any atom is 0.572 e. The molecule has 0 radical (unpaired) electrons. The number of allylic oxidation sites excluding steroid dienone is 4. The molecule has 0 heterocycles. The number of rotatable bonds is 2. The molecule has 0 aromatic carbocycles. The molecular weight excluding hydrogens is 168 g/mol. The largest absolute Gasteiger partial charge is 0.572 e. The van der Waals surface area contributed by atoms with Gasteiger partial charge < -0.3 is 4.74 Å². The van der Waals surface area contributed by atoms with Crippen LogP contribution in [0, 0.1) is 0 Å². The normalized spacial score (nSPS) is 14.8. The highest BCUT2D eigenvalue weighted by Crippen LogP contribution is 2.20. The van der Waals surface area contributed by atoms with E-state index >= 15 is 0 Å². The van der Waals surface area contributed by atoms with Crippen molar-refractivity contribution in [3.63, 3.8) is 0 Å². The third-order valence-corrected chi connectivity index (χ3v) is 0.928. The van der Waals surface area contributed by atoms with E-state index in [1.807, 2.05) is 0 Å². The highest BCUT2D eigenvalue weighted by Gasteiger charge is 2.30. The van der Waals surface area contributed by atoms with E-state index < -0.39 is 6.36 Å². The first kappa shape index (κ1) is 11.1. The molecule has 0 saturated carbocycles. The first-order valence-corrected chi connectivity index (χ1v) is 3.39. The van der Waals surface area contributed by atoms with Gasteiger partial charge in [0, 0.05) is 0 Å². The molecule has 12 heavy (non-hydrogen) atoms. The van der Waals surface area contributed by atoms with Gasteiger partial charge in [0.15, 0.2) is 0 Å². The van der Waals surface area contributed by atoms with Crippen molar-refractivity contribution >= 4 is 7.85 Å². The van der Waals surface area contributed by atoms with Crippen molar-refractivity contribution < 1.29 is 17.9 Å². The number of ether oxygens (including phenoxy) is 1. The lowest BCUT2D eigenvalue weighted by molar-refractivity contribution is -0.305. The van der Waals surface area contributed by atoms with Gasteiger partial charge in [-0.15, -0.1) is 18.6 Å². The maximum absolute atomic E-state index is 11.5. The van der Waals surface area contributed by atoms with Gasteiger partial charge in [0.1, 0.15) is 13.6 Å². The zero-order valence-electron chi connectivity index (χ0n) is 7.20. The van der Waals surface area contributed by atoms with E-state index in [1.54, 1.807) is 20.8 Å². The van der Waals surface area contributed by atoms with Crippen molar-refractivity contribution in [1.29, 1.82) is 0 Å². The molecule has 0 rings (SSSR count). The van der Waals surface area contributed by atoms with Gasteiger partial charge in [-0.3, -0.25) is 0 Å². The standard InChI is InChI=1S/C7H10BF3O/c1-5(8)3-4-6(2)12-7(9,10)11/h3-4H,8H2,1-2H3/b5-3+,6-4+. The molecule has 0 spiro atoms. The van der Waals surface area contributed by atoms with E-state index in [-0.39, 0.29) is 5.76 Å². The quantitative estimate of drug-likeness (QED) is 0.356. The van der Waals surface area contributed by atoms with Crippen LogP contribution < -0.4 is 0 Å². The lowest BCUT2D eigenvalue weighted by Crippen LogP contribution is -2.11. The summed E-state index contributed by atoms with van der Waals surface area (Å²) in [7, 11) is 1.79. The van der Waals surface area contributed by atoms with E-state index in [9.17, 15) is 13.2 Å². The molecule has 0 amide bonds. The smallest absolute Gasteiger partial charge is 0.411 e. The monoisotopic (exact) mass is 178 g/mol. The van der Waals surface area contributed by atoms with Gasteiger partial charge in [-0.2, -0.15) is 0 Å². The third kappa shape index (κ3) is 7.24. The fourth-order valence-corrected chi connectivity index (χ4v) is 0.501. The van der Waals surface area contributed by atoms with Crippen molar-refractivity contribution in [2.75, 3.05) is 0 Å². The SMILES string of the molecule is B/C(C)=C/C=C(\C)OC(F)(F)F. The number of hydrogen-bond donors (Lipinski definition) is 0. The van der Waals surface area contributed by atoms with Crippen LogP contribution in [0.1, 0.15) is 13.8 Å². The van der Waals surface area contributed by atoms with Gasteiger partial charge in [0.2, 0.25) is 0 Å². The van der Waals surface area contributed by atoms with Gasteiger partial charge in [0.05, 0.1) is 0 Å². The van der Waals surface area contributed by atoms with Crippen molar-refractivity contribution in [3.05, 3.63) is 23.4 Å². The molecule has 0 aliphatic carbocycles. The summed E-state index contributed by atoms with van der Waals surface area (Å²) >= 11 is 0. The number of halogens is 3. The second kappa shape index (κ2) is 4.23. The maximum atomic E-state index is 11.5. The van der Waals surface area contributed by atoms with Crippen LogP contribution in [0.15, 0.2) is 23.4 Å². The Morgan fingerprint density at radius 1 is 1.25 bits per heavy atom. The van der Waals surface area contributed by atoms with Crippen LogP contribution >= 0.6 is 0 Å². The summed E-state index contributed by atoms with van der Waals surface area (Å²) in [6, 6.07) is 0. The van der Waals surface area contributed by atoms with Crippen LogP contribution in [0.3, 0.4) is 0 Å². The molecule has 0 N–H and O–H groups in total. The van der Waals surface area contributed by atoms with Gasteiger partial charge in [-0.1, -0.05) is 13.0 Å². The van der Waals surface area contributed by atoms with Crippen LogP contribution in [-0.4, -0.2) is 14.2 Å². The molecule has 0 aromatic rings. The fraction of sp³-hybridized carbons (Fsp3) is 0.429. The molecule has 68 valence electrons. The van der Waals surface area contributed by atoms with E-state index in [0.29, 0.717) is 0 Å². The average molecular weight is 178 g/mol. The second-order valence-corrected chi connectivity index (χ2v) is 2.57. The summed E-state index contributed by atoms with van der Waals surface area (Å²) in [6.45, 7) is 3.05. The molecule has 0 aliphatic heterocycles. The van der Waals surface area contributed by atoms with Gasteiger partial charge in [0.25, 0.3) is 0 Å². The van der Waals surface area contributed by atoms with Crippen molar-refractivity contribution in [1.82, 2.24) is 0 Å². The van der Waals surface area contributed by atoms with Crippen LogP contribution in [0.4, 0.5) is 13.2 Å². The minimum Gasteiger partial charge on any atom is -0.411 e. The summed E-state index contributed by atoms with van der Waals surface area (Å²) < 4.78 is 38.2. The number of alkyl halides is 3. The fourth-order valence-electron chi connectivity index (χ4n) is 0.501. The Balaban J connectivity index is 4.13. The zero-order chi connectivity index (χ0) is 9.78. The van der Waals surface area contributed by atoms with E-state index in [4.69, 9.17) is 0 Å². The van der Waals surface area contributed by atoms with Crippen molar-refractivity contribution in [3.8, 4) is 0 Å². The molecule has 0 aliphatic rings. The lowest BCUT2D eigenvalue weighted by atomic mass is 9.98. The van der Waals surface area contributed by atoms with E-state index in [2.05, 4.69) is 4.74 Å². The Hall–Kier alpha value is -0.865. The summed E-state index contributed by atoms with van der Waals surface area (Å²) in [5.74, 6) is -0.163. The Morgan fingerprint density at radius 3 is 2.08 bits per heavy atom. The Kier molecular flexibility index (Phi) is 3.93. The molecule has 0 unspecified atom stereocenters. The van der Waals surface area contributed by atoms with E-state index in [1.165, 1.54) is 13.0 Å². The van der Waals surface area contributed by atoms with E-state index in [0.717, 1.165) is 5.47 Å². The minimum atomic E-state index is -4.59. The minimum absolute atomic E-state index is 0.163. The molecule has 0 aromatic heterocycles. The van der Waals surface area contributed by atoms with Crippen LogP contribution in [-0.2, 0) is 4.74 Å². The Bertz CT molecular complexity index is 201. The molecule has 0 fully saturated rings. The van der Waals surface area contributed by atoms with Gasteiger partial charge in [-0.05, 0) is 13.0 Å². The highest BCUT2D eigenvalue weighted by atomic mass is 19.4. The average Bonchev–Trinajstić information content (AvgIpc) is 1.79. The van der Waals surface area contributed by atoms with Gasteiger partial charge in [-0.25, -0.2) is 0 Å². The third-order valence-electron chi connectivity index (χ3n) is 0.928. The Labute approximate surface area is 70.3 Å². The number of hydrogen-bond acceptors (Lipinski definition) is 1. The van der Waals surface area contributed by atoms with Crippen molar-refractivity contribution in [2.45, 2.75) is 20.2 Å². The van der Waals surface area contributed by atoms with Crippen molar-refractivity contribution in [2.24, 2.45) is 0 Å². The predicted molar refractivity (Wildman–Crippen MR) is 43.2 cm³/mol. The molecule has 1 nitrogen and oxygen atoms in total. The van der Waals surface area contributed by atoms with Crippen LogP contribution in [0.5, 0.6) is 0 Å². The molecular formula is C7H10BF3O. The van der Waals surface area contributed by atoms with Gasteiger partial charge >= 0.3 is 6.36 Å². The molecule has 0 bridgehead atoms. The molecule has 0 saturated heterocycles. The summed E-state index contributed by atoms with van der Waals surface area (Å²) in [6.07, 6.45) is -1.75. The highest BCUT2D eigenvalue weighted by molar-refractivity contribution is 6.21. The first-order chi connectivity index (χ1) is 5.31. The summed E-state index contributed by atoms with van der Waals surface area (Å²) in [4.78, 5) is 0. The first-order valence-electron chi connectivity index (χ1n) is 3.39. The molecule has 5 heteroatoms. The van der Waals surface area contributed by atoms with Crippen LogP contribution in [0.25, 0.3) is 0 Å². The zero-order valence-corrected chi connectivity index (χ0v) is 7.20. The molecule has 0 atom stereocenters. The summed E-state index contributed by atoms with van der Waals surface area (Å²) in [5, 5.41) is 0. The summed E-state index contributed by atoms with van der Waals surface area (Å²) in [5.41, 5.74) is 0.917. The Morgan fingerprint density at radius 2 is 1.75 bits per heavy atom. The predicted octanol–water partition coefficient (Wildman–Crippen LogP) is 1.96. The second-order valence-electron chi connectivity index (χ2n) is 2.57. The van der Waals surface area contributed by atoms with Crippen LogP contribution in [0.2, 0.25) is 0 Å². The lowest BCUT2D eigenvalue weighted by Gasteiger charge is -2.07. The topological polar surface area (TPSA) is 9.23 Å².